The van der Waals surface area contributed by atoms with Crippen LogP contribution in [0.25, 0.3) is 0 Å². The molecule has 7 aliphatic rings. The Morgan fingerprint density at radius 3 is 0.568 bits per heavy atom. The van der Waals surface area contributed by atoms with E-state index in [1.807, 2.05) is 0 Å². The lowest BCUT2D eigenvalue weighted by Gasteiger charge is -2.38. The number of ether oxygens (including phenoxy) is 7. The largest absolute Gasteiger partial charge is 0.388 e. The van der Waals surface area contributed by atoms with Crippen LogP contribution >= 0.6 is 11.8 Å². The van der Waals surface area contributed by atoms with Crippen molar-refractivity contribution in [2.24, 2.45) is 5.73 Å². The van der Waals surface area contributed by atoms with Crippen molar-refractivity contribution in [2.75, 3.05) is 18.1 Å². The molecule has 0 radical (unpaired) electrons. The summed E-state index contributed by atoms with van der Waals surface area (Å²) in [4.78, 5) is 0. The zero-order valence-electron chi connectivity index (χ0n) is 44.7. The minimum atomic E-state index is -1.46. The van der Waals surface area contributed by atoms with E-state index in [9.17, 15) is 20.4 Å². The zero-order chi connectivity index (χ0) is 63.0. The summed E-state index contributed by atoms with van der Waals surface area (Å²) >= 11 is 1.45. The minimum Gasteiger partial charge on any atom is -0.388 e. The van der Waals surface area contributed by atoms with Crippen LogP contribution in [0.4, 0.5) is 0 Å². The van der Waals surface area contributed by atoms with Crippen LogP contribution < -0.4 is 5.73 Å². The van der Waals surface area contributed by atoms with Gasteiger partial charge in [-0.1, -0.05) is 0 Å². The highest BCUT2D eigenvalue weighted by molar-refractivity contribution is 7.99. The molecule has 7 saturated heterocycles. The van der Waals surface area contributed by atoms with Gasteiger partial charge in [-0.2, -0.15) is 11.8 Å². The number of nitrogens with two attached hydrogens (primary N) is 1. The fraction of sp³-hybridized carbons (Fsp3) is 1.00. The highest BCUT2D eigenvalue weighted by Gasteiger charge is 2.46. The molecule has 30 N–H and O–H groups in total. The molecule has 0 amide bonds. The highest BCUT2D eigenvalue weighted by Crippen LogP contribution is 2.25. The summed E-state index contributed by atoms with van der Waals surface area (Å²) < 4.78 is 33.0. The molecule has 36 nitrogen and oxygen atoms in total. The third kappa shape index (κ3) is 22.5. The quantitative estimate of drug-likeness (QED) is 0.116. The Morgan fingerprint density at radius 2 is 0.395 bits per heavy atom. The predicted molar refractivity (Wildman–Crippen MR) is 263 cm³/mol. The smallest absolute Gasteiger partial charge is 0.183 e. The van der Waals surface area contributed by atoms with Gasteiger partial charge in [-0.15, -0.1) is 0 Å². The molecular weight excluding hydrogens is 1130 g/mol. The van der Waals surface area contributed by atoms with Crippen molar-refractivity contribution in [3.8, 4) is 0 Å². The number of aliphatic hydroxyl groups excluding tert-OH is 28. The second-order valence-corrected chi connectivity index (χ2v) is 20.8. The lowest BCUT2D eigenvalue weighted by molar-refractivity contribution is -0.277. The van der Waals surface area contributed by atoms with Crippen molar-refractivity contribution in [3.63, 3.8) is 0 Å². The van der Waals surface area contributed by atoms with Gasteiger partial charge >= 0.3 is 0 Å². The molecule has 0 saturated carbocycles. The second kappa shape index (κ2) is 36.3. The summed E-state index contributed by atoms with van der Waals surface area (Å²) in [5.74, 6) is 1.13. The molecule has 0 bridgehead atoms. The van der Waals surface area contributed by atoms with E-state index >= 15 is 0 Å². The average molecular weight is 1220 g/mol. The maximum absolute atomic E-state index is 9.53. The number of rotatable bonds is 4. The molecule has 0 aliphatic carbocycles. The van der Waals surface area contributed by atoms with Crippen LogP contribution in [0, 0.1) is 0 Å². The van der Waals surface area contributed by atoms with Crippen molar-refractivity contribution in [3.05, 3.63) is 0 Å². The van der Waals surface area contributed by atoms with Crippen LogP contribution in [0.5, 0.6) is 0 Å². The summed E-state index contributed by atoms with van der Waals surface area (Å²) in [6.45, 7) is 9.53. The van der Waals surface area contributed by atoms with Crippen LogP contribution in [-0.4, -0.2) is 376 Å². The molecule has 7 rings (SSSR count). The summed E-state index contributed by atoms with van der Waals surface area (Å²) in [5, 5.41) is 253. The number of thioether (sulfide) groups is 1. The highest BCUT2D eigenvalue weighted by atomic mass is 32.2. The van der Waals surface area contributed by atoms with Crippen molar-refractivity contribution >= 4 is 11.8 Å². The molecular formula is C44H89NO35S. The molecule has 7 heterocycles. The summed E-state index contributed by atoms with van der Waals surface area (Å²) in [6, 6.07) is 0. The summed E-state index contributed by atoms with van der Waals surface area (Å²) in [5.41, 5.74) is 5.29. The Hall–Kier alpha value is -1.09. The molecule has 81 heavy (non-hydrogen) atoms. The monoisotopic (exact) mass is 1220 g/mol. The van der Waals surface area contributed by atoms with Crippen LogP contribution in [0.1, 0.15) is 41.5 Å². The molecule has 35 unspecified atom stereocenters. The Kier molecular flexibility index (Phi) is 34.9. The fourth-order valence-electron chi connectivity index (χ4n) is 7.53. The van der Waals surface area contributed by atoms with Gasteiger partial charge in [0.1, 0.15) is 128 Å². The van der Waals surface area contributed by atoms with Crippen molar-refractivity contribution in [2.45, 2.75) is 256 Å². The van der Waals surface area contributed by atoms with Gasteiger partial charge in [0.05, 0.1) is 42.7 Å². The third-order valence-electron chi connectivity index (χ3n) is 13.2. The molecule has 0 spiro atoms. The van der Waals surface area contributed by atoms with E-state index < -0.39 is 215 Å². The first-order valence-electron chi connectivity index (χ1n) is 25.2. The first-order valence-corrected chi connectivity index (χ1v) is 26.4. The van der Waals surface area contributed by atoms with Gasteiger partial charge in [0.25, 0.3) is 0 Å². The fourth-order valence-corrected chi connectivity index (χ4v) is 8.37. The van der Waals surface area contributed by atoms with E-state index in [1.54, 1.807) is 0 Å². The minimum absolute atomic E-state index is 0.416. The van der Waals surface area contributed by atoms with Gasteiger partial charge in [0, 0.05) is 18.1 Å². The van der Waals surface area contributed by atoms with Crippen molar-refractivity contribution < 1.29 is 176 Å². The maximum Gasteiger partial charge on any atom is 0.183 e. The zero-order valence-corrected chi connectivity index (χ0v) is 45.5. The molecule has 37 heteroatoms. The normalized spacial score (nSPS) is 50.6. The molecule has 7 aliphatic heterocycles. The van der Waals surface area contributed by atoms with Crippen molar-refractivity contribution in [1.82, 2.24) is 0 Å². The predicted octanol–water partition coefficient (Wildman–Crippen LogP) is -15.7. The lowest BCUT2D eigenvalue weighted by atomic mass is 10.0. The first-order chi connectivity index (χ1) is 37.3. The molecule has 486 valence electrons. The van der Waals surface area contributed by atoms with Gasteiger partial charge in [-0.25, -0.2) is 0 Å². The topological polar surface area (TPSA) is 657 Å². The van der Waals surface area contributed by atoms with Gasteiger partial charge in [0.15, 0.2) is 44.0 Å². The molecule has 0 aromatic carbocycles. The molecule has 35 atom stereocenters. The number of aliphatic hydroxyl groups is 28. The Bertz CT molecular complexity index is 1350. The maximum atomic E-state index is 9.53. The van der Waals surface area contributed by atoms with Crippen LogP contribution in [0.3, 0.4) is 0 Å². The van der Waals surface area contributed by atoms with E-state index in [-0.39, 0.29) is 0 Å². The second-order valence-electron chi connectivity index (χ2n) is 19.6. The summed E-state index contributed by atoms with van der Waals surface area (Å²) in [6.07, 6.45) is -42.1. The van der Waals surface area contributed by atoms with Gasteiger partial charge in [-0.05, 0) is 41.5 Å². The molecule has 0 aromatic heterocycles. The lowest BCUT2D eigenvalue weighted by Crippen LogP contribution is -2.58. The third-order valence-corrected chi connectivity index (χ3v) is 14.3. The first kappa shape index (κ1) is 77.9. The van der Waals surface area contributed by atoms with Crippen LogP contribution in [0.2, 0.25) is 0 Å². The van der Waals surface area contributed by atoms with E-state index in [2.05, 4.69) is 28.4 Å². The number of hydrogen-bond acceptors (Lipinski definition) is 37. The standard InChI is InChI=1S/C8H17NO5S.6C6H12O5/c9-1-2-15-3-4-5(10)6(11)7(12)8(13)14-4;6*1-2-3(7)4(8)5(9)6(10)11-2/h4-8,10-13H,1-3,9H2;6*2-10H,1H3. The SMILES string of the molecule is CC1OC(O)C(O)C(O)C1O.CC1OC(O)C(O)C(O)C1O.CC1OC(O)C(O)C(O)C1O.CC1OC(O)C(O)C(O)C1O.CC1OC(O)C(O)C(O)C1O.CC1OC(O)C(O)C(O)C1O.NCCSCC1OC(O)C(O)C(O)C1O. The average Bonchev–Trinajstić information content (AvgIpc) is 3.42. The Balaban J connectivity index is 0.000000474. The van der Waals surface area contributed by atoms with Gasteiger partial charge in [0.2, 0.25) is 0 Å². The Morgan fingerprint density at radius 1 is 0.235 bits per heavy atom. The number of hydrogen-bond donors (Lipinski definition) is 29. The van der Waals surface area contributed by atoms with Crippen LogP contribution in [0.15, 0.2) is 0 Å². The Labute approximate surface area is 467 Å². The van der Waals surface area contributed by atoms with Gasteiger partial charge in [-0.3, -0.25) is 0 Å². The van der Waals surface area contributed by atoms with E-state index in [4.69, 9.17) is 133 Å². The van der Waals surface area contributed by atoms with E-state index in [0.717, 1.165) is 0 Å². The van der Waals surface area contributed by atoms with E-state index in [1.165, 1.54) is 53.3 Å². The molecule has 7 fully saturated rings. The molecule has 0 aromatic rings. The van der Waals surface area contributed by atoms with Crippen molar-refractivity contribution in [1.29, 1.82) is 0 Å². The van der Waals surface area contributed by atoms with E-state index in [0.29, 0.717) is 18.1 Å². The van der Waals surface area contributed by atoms with Gasteiger partial charge < -0.3 is 182 Å². The van der Waals surface area contributed by atoms with Crippen LogP contribution in [-0.2, 0) is 33.2 Å². The summed E-state index contributed by atoms with van der Waals surface area (Å²) in [7, 11) is 0.